The first kappa shape index (κ1) is 14.8. The van der Waals surface area contributed by atoms with Crippen molar-refractivity contribution in [2.75, 3.05) is 7.05 Å². The Morgan fingerprint density at radius 2 is 1.45 bits per heavy atom. The molecule has 1 atom stereocenters. The van der Waals surface area contributed by atoms with E-state index in [1.165, 1.54) is 27.8 Å². The predicted octanol–water partition coefficient (Wildman–Crippen LogP) is 4.37. The largest absolute Gasteiger partial charge is 0.313 e. The van der Waals surface area contributed by atoms with Gasteiger partial charge in [0.1, 0.15) is 0 Å². The van der Waals surface area contributed by atoms with E-state index >= 15 is 0 Å². The molecule has 0 aromatic heterocycles. The Bertz CT molecular complexity index is 534. The van der Waals surface area contributed by atoms with Crippen LogP contribution >= 0.6 is 0 Å². The molecule has 2 aromatic rings. The van der Waals surface area contributed by atoms with Crippen LogP contribution in [0.2, 0.25) is 0 Å². The van der Waals surface area contributed by atoms with Crippen LogP contribution in [0.25, 0.3) is 0 Å². The Morgan fingerprint density at radius 1 is 0.900 bits per heavy atom. The number of nitrogens with one attached hydrogen (secondary N) is 1. The molecule has 1 heteroatoms. The van der Waals surface area contributed by atoms with Crippen molar-refractivity contribution >= 4 is 0 Å². The van der Waals surface area contributed by atoms with Gasteiger partial charge < -0.3 is 5.32 Å². The molecule has 0 fully saturated rings. The van der Waals surface area contributed by atoms with E-state index in [1.807, 2.05) is 7.05 Å². The van der Waals surface area contributed by atoms with Gasteiger partial charge in [0, 0.05) is 6.04 Å². The number of benzene rings is 2. The maximum atomic E-state index is 3.45. The van der Waals surface area contributed by atoms with Crippen LogP contribution in [0, 0.1) is 13.8 Å². The summed E-state index contributed by atoms with van der Waals surface area (Å²) in [6.07, 6.45) is 2.14. The molecule has 2 rings (SSSR count). The molecule has 0 bridgehead atoms. The van der Waals surface area contributed by atoms with Gasteiger partial charge in [-0.1, -0.05) is 60.5 Å². The van der Waals surface area contributed by atoms with E-state index in [-0.39, 0.29) is 0 Å². The monoisotopic (exact) mass is 267 g/mol. The third-order valence-corrected chi connectivity index (χ3v) is 3.87. The Hall–Kier alpha value is -1.60. The van der Waals surface area contributed by atoms with Crippen LogP contribution in [0.3, 0.4) is 0 Å². The van der Waals surface area contributed by atoms with E-state index in [0.717, 1.165) is 12.8 Å². The molecule has 1 nitrogen and oxygen atoms in total. The minimum absolute atomic E-state index is 0.376. The van der Waals surface area contributed by atoms with E-state index in [1.54, 1.807) is 0 Å². The zero-order valence-electron chi connectivity index (χ0n) is 13.0. The fourth-order valence-electron chi connectivity index (χ4n) is 2.74. The second kappa shape index (κ2) is 6.71. The van der Waals surface area contributed by atoms with Crippen molar-refractivity contribution < 1.29 is 0 Å². The van der Waals surface area contributed by atoms with Crippen LogP contribution in [0.15, 0.2) is 42.5 Å². The lowest BCUT2D eigenvalue weighted by Gasteiger charge is -2.18. The second-order valence-corrected chi connectivity index (χ2v) is 5.64. The van der Waals surface area contributed by atoms with Gasteiger partial charge in [-0.05, 0) is 50.4 Å². The van der Waals surface area contributed by atoms with E-state index in [4.69, 9.17) is 0 Å². The molecule has 0 saturated carbocycles. The maximum absolute atomic E-state index is 3.45. The number of hydrogen-bond acceptors (Lipinski definition) is 1. The second-order valence-electron chi connectivity index (χ2n) is 5.64. The summed E-state index contributed by atoms with van der Waals surface area (Å²) in [7, 11) is 2.04. The Balaban J connectivity index is 2.19. The van der Waals surface area contributed by atoms with E-state index < -0.39 is 0 Å². The Labute approximate surface area is 123 Å². The fourth-order valence-corrected chi connectivity index (χ4v) is 2.74. The average molecular weight is 267 g/mol. The quantitative estimate of drug-likeness (QED) is 0.848. The molecule has 0 aliphatic heterocycles. The van der Waals surface area contributed by atoms with Crippen LogP contribution in [-0.2, 0) is 12.8 Å². The lowest BCUT2D eigenvalue weighted by Crippen LogP contribution is -2.19. The van der Waals surface area contributed by atoms with Gasteiger partial charge >= 0.3 is 0 Å². The van der Waals surface area contributed by atoms with Crippen molar-refractivity contribution in [1.29, 1.82) is 0 Å². The zero-order chi connectivity index (χ0) is 14.5. The van der Waals surface area contributed by atoms with Gasteiger partial charge in [0.05, 0.1) is 0 Å². The Kier molecular flexibility index (Phi) is 4.97. The third kappa shape index (κ3) is 3.71. The fraction of sp³-hybridized carbons (Fsp3) is 0.368. The van der Waals surface area contributed by atoms with Gasteiger partial charge in [-0.15, -0.1) is 0 Å². The highest BCUT2D eigenvalue weighted by atomic mass is 14.9. The minimum Gasteiger partial charge on any atom is -0.313 e. The van der Waals surface area contributed by atoms with Crippen molar-refractivity contribution in [3.05, 3.63) is 70.3 Å². The first-order chi connectivity index (χ1) is 9.62. The van der Waals surface area contributed by atoms with Crippen molar-refractivity contribution in [2.24, 2.45) is 0 Å². The van der Waals surface area contributed by atoms with Gasteiger partial charge in [-0.3, -0.25) is 0 Å². The molecule has 0 amide bonds. The molecule has 0 heterocycles. The van der Waals surface area contributed by atoms with Gasteiger partial charge in [-0.25, -0.2) is 0 Å². The highest BCUT2D eigenvalue weighted by molar-refractivity contribution is 5.32. The molecule has 20 heavy (non-hydrogen) atoms. The van der Waals surface area contributed by atoms with Crippen molar-refractivity contribution in [3.8, 4) is 0 Å². The molecule has 0 spiro atoms. The van der Waals surface area contributed by atoms with Crippen LogP contribution in [-0.4, -0.2) is 7.05 Å². The molecule has 2 aromatic carbocycles. The summed E-state index contributed by atoms with van der Waals surface area (Å²) in [6, 6.07) is 16.2. The summed E-state index contributed by atoms with van der Waals surface area (Å²) in [5.74, 6) is 0. The molecule has 0 aliphatic carbocycles. The molecule has 106 valence electrons. The number of likely N-dealkylation sites (N-methyl/N-ethyl adjacent to an activating group) is 1. The van der Waals surface area contributed by atoms with E-state index in [0.29, 0.717) is 6.04 Å². The number of hydrogen-bond donors (Lipinski definition) is 1. The molecule has 0 aliphatic rings. The molecule has 0 radical (unpaired) electrons. The van der Waals surface area contributed by atoms with Crippen LogP contribution in [0.5, 0.6) is 0 Å². The molecule has 1 unspecified atom stereocenters. The van der Waals surface area contributed by atoms with Crippen molar-refractivity contribution in [1.82, 2.24) is 5.32 Å². The Morgan fingerprint density at radius 3 is 1.95 bits per heavy atom. The highest BCUT2D eigenvalue weighted by Gasteiger charge is 2.11. The number of aryl methyl sites for hydroxylation is 3. The summed E-state index contributed by atoms with van der Waals surface area (Å²) < 4.78 is 0. The molecular weight excluding hydrogens is 242 g/mol. The van der Waals surface area contributed by atoms with Crippen molar-refractivity contribution in [3.63, 3.8) is 0 Å². The summed E-state index contributed by atoms with van der Waals surface area (Å²) in [5.41, 5.74) is 6.84. The topological polar surface area (TPSA) is 12.0 Å². The minimum atomic E-state index is 0.376. The molecular formula is C19H25N. The lowest BCUT2D eigenvalue weighted by molar-refractivity contribution is 0.591. The van der Waals surface area contributed by atoms with Crippen LogP contribution < -0.4 is 5.32 Å². The SMILES string of the molecule is CCc1ccc(CC(NC)c2cc(C)cc(C)c2)cc1. The predicted molar refractivity (Wildman–Crippen MR) is 87.2 cm³/mol. The van der Waals surface area contributed by atoms with Gasteiger partial charge in [-0.2, -0.15) is 0 Å². The van der Waals surface area contributed by atoms with E-state index in [9.17, 15) is 0 Å². The van der Waals surface area contributed by atoms with Crippen molar-refractivity contribution in [2.45, 2.75) is 39.7 Å². The standard InChI is InChI=1S/C19H25N/c1-5-16-6-8-17(9-7-16)13-19(20-4)18-11-14(2)10-15(3)12-18/h6-12,19-20H,5,13H2,1-4H3. The van der Waals surface area contributed by atoms with Crippen LogP contribution in [0.1, 0.15) is 40.8 Å². The smallest absolute Gasteiger partial charge is 0.0358 e. The summed E-state index contributed by atoms with van der Waals surface area (Å²) in [5, 5.41) is 3.45. The van der Waals surface area contributed by atoms with Gasteiger partial charge in [0.15, 0.2) is 0 Å². The highest BCUT2D eigenvalue weighted by Crippen LogP contribution is 2.21. The lowest BCUT2D eigenvalue weighted by atomic mass is 9.95. The summed E-state index contributed by atoms with van der Waals surface area (Å²) in [4.78, 5) is 0. The van der Waals surface area contributed by atoms with Gasteiger partial charge in [0.25, 0.3) is 0 Å². The third-order valence-electron chi connectivity index (χ3n) is 3.87. The maximum Gasteiger partial charge on any atom is 0.0358 e. The van der Waals surface area contributed by atoms with Gasteiger partial charge in [0.2, 0.25) is 0 Å². The first-order valence-corrected chi connectivity index (χ1v) is 7.45. The number of rotatable bonds is 5. The molecule has 1 N–H and O–H groups in total. The average Bonchev–Trinajstić information content (AvgIpc) is 2.44. The summed E-state index contributed by atoms with van der Waals surface area (Å²) in [6.45, 7) is 6.53. The molecule has 0 saturated heterocycles. The first-order valence-electron chi connectivity index (χ1n) is 7.45. The zero-order valence-corrected chi connectivity index (χ0v) is 13.0. The van der Waals surface area contributed by atoms with E-state index in [2.05, 4.69) is 68.6 Å². The van der Waals surface area contributed by atoms with Crippen LogP contribution in [0.4, 0.5) is 0 Å². The normalized spacial score (nSPS) is 12.4. The summed E-state index contributed by atoms with van der Waals surface area (Å²) >= 11 is 0.